The van der Waals surface area contributed by atoms with Gasteiger partial charge in [-0.2, -0.15) is 0 Å². The first-order chi connectivity index (χ1) is 16.6. The smallest absolute Gasteiger partial charge is 0.264 e. The van der Waals surface area contributed by atoms with E-state index in [0.717, 1.165) is 23.4 Å². The third kappa shape index (κ3) is 4.87. The molecule has 0 spiro atoms. The molecule has 0 unspecified atom stereocenters. The van der Waals surface area contributed by atoms with Crippen LogP contribution >= 0.6 is 0 Å². The second kappa shape index (κ2) is 9.22. The maximum atomic E-state index is 14.2. The highest BCUT2D eigenvalue weighted by atomic mass is 32.2. The summed E-state index contributed by atoms with van der Waals surface area (Å²) in [6.45, 7) is 3.56. The number of benzene rings is 1. The van der Waals surface area contributed by atoms with Crippen molar-refractivity contribution in [2.75, 3.05) is 17.6 Å². The molecule has 0 amide bonds. The quantitative estimate of drug-likeness (QED) is 0.409. The molecular weight excluding hydrogens is 478 g/mol. The number of nitrogens with two attached hydrogens (primary N) is 1. The zero-order chi connectivity index (χ0) is 25.3. The zero-order valence-electron chi connectivity index (χ0n) is 18.9. The molecule has 0 radical (unpaired) electrons. The van der Waals surface area contributed by atoms with Gasteiger partial charge in [0.1, 0.15) is 22.2 Å². The number of hydrogen-bond acceptors (Lipinski definition) is 8. The summed E-state index contributed by atoms with van der Waals surface area (Å²) >= 11 is 0. The number of hydrogen-bond donors (Lipinski definition) is 2. The molecule has 0 saturated carbocycles. The second-order valence-electron chi connectivity index (χ2n) is 7.54. The molecule has 3 aromatic heterocycles. The Balaban J connectivity index is 1.86. The maximum absolute atomic E-state index is 14.2. The molecule has 0 aliphatic heterocycles. The lowest BCUT2D eigenvalue weighted by atomic mass is 9.99. The van der Waals surface area contributed by atoms with Crippen molar-refractivity contribution in [1.29, 1.82) is 0 Å². The highest BCUT2D eigenvalue weighted by molar-refractivity contribution is 7.92. The maximum Gasteiger partial charge on any atom is 0.264 e. The van der Waals surface area contributed by atoms with Crippen LogP contribution in [0.15, 0.2) is 53.7 Å². The Kier molecular flexibility index (Phi) is 6.31. The SMILES string of the molecule is COc1ncc(-c2c(C)nc(N)nc2-c2ccnc(C)c2)cc1NS(=O)(=O)c1ccc(F)cc1F. The minimum atomic E-state index is -4.45. The van der Waals surface area contributed by atoms with Crippen LogP contribution in [-0.2, 0) is 10.0 Å². The van der Waals surface area contributed by atoms with Gasteiger partial charge in [0, 0.05) is 40.8 Å². The molecule has 35 heavy (non-hydrogen) atoms. The molecule has 0 aliphatic rings. The molecule has 0 atom stereocenters. The fraction of sp³-hybridized carbons (Fsp3) is 0.130. The number of aryl methyl sites for hydroxylation is 2. The summed E-state index contributed by atoms with van der Waals surface area (Å²) in [6, 6.07) is 7.21. The van der Waals surface area contributed by atoms with Crippen LogP contribution in [0.1, 0.15) is 11.4 Å². The van der Waals surface area contributed by atoms with Crippen LogP contribution in [0.25, 0.3) is 22.4 Å². The van der Waals surface area contributed by atoms with Crippen molar-refractivity contribution in [2.45, 2.75) is 18.7 Å². The van der Waals surface area contributed by atoms with E-state index in [1.807, 2.05) is 13.0 Å². The molecule has 1 aromatic carbocycles. The normalized spacial score (nSPS) is 11.3. The number of rotatable bonds is 6. The third-order valence-corrected chi connectivity index (χ3v) is 6.44. The number of pyridine rings is 2. The Morgan fingerprint density at radius 2 is 1.77 bits per heavy atom. The van der Waals surface area contributed by atoms with Crippen molar-refractivity contribution in [1.82, 2.24) is 19.9 Å². The van der Waals surface area contributed by atoms with Gasteiger partial charge in [0.05, 0.1) is 18.5 Å². The summed E-state index contributed by atoms with van der Waals surface area (Å²) in [5, 5.41) is 0. The van der Waals surface area contributed by atoms with Crippen LogP contribution in [-0.4, -0.2) is 35.5 Å². The van der Waals surface area contributed by atoms with Crippen molar-refractivity contribution in [2.24, 2.45) is 0 Å². The average molecular weight is 499 g/mol. The number of nitrogen functional groups attached to an aromatic ring is 1. The highest BCUT2D eigenvalue weighted by Crippen LogP contribution is 2.36. The van der Waals surface area contributed by atoms with Crippen LogP contribution in [0.3, 0.4) is 0 Å². The summed E-state index contributed by atoms with van der Waals surface area (Å²) in [5.41, 5.74) is 9.32. The molecule has 0 fully saturated rings. The Bertz CT molecular complexity index is 1550. The number of aromatic nitrogens is 4. The molecule has 4 rings (SSSR count). The molecule has 12 heteroatoms. The average Bonchev–Trinajstić information content (AvgIpc) is 2.78. The van der Waals surface area contributed by atoms with E-state index in [1.165, 1.54) is 19.4 Å². The number of nitrogens with zero attached hydrogens (tertiary/aromatic N) is 4. The van der Waals surface area contributed by atoms with E-state index in [4.69, 9.17) is 10.5 Å². The highest BCUT2D eigenvalue weighted by Gasteiger charge is 2.23. The van der Waals surface area contributed by atoms with Gasteiger partial charge in [-0.25, -0.2) is 32.2 Å². The molecule has 3 N–H and O–H groups in total. The van der Waals surface area contributed by atoms with Crippen LogP contribution in [0.5, 0.6) is 5.88 Å². The Labute approximate surface area is 200 Å². The molecule has 180 valence electrons. The Morgan fingerprint density at radius 3 is 2.46 bits per heavy atom. The van der Waals surface area contributed by atoms with E-state index in [1.54, 1.807) is 19.2 Å². The van der Waals surface area contributed by atoms with Crippen molar-refractivity contribution in [3.8, 4) is 28.3 Å². The van der Waals surface area contributed by atoms with Gasteiger partial charge in [-0.1, -0.05) is 0 Å². The predicted octanol–water partition coefficient (Wildman–Crippen LogP) is 3.89. The monoisotopic (exact) mass is 498 g/mol. The van der Waals surface area contributed by atoms with Crippen molar-refractivity contribution >= 4 is 21.7 Å². The van der Waals surface area contributed by atoms with Gasteiger partial charge in [-0.3, -0.25) is 9.71 Å². The number of nitrogens with one attached hydrogen (secondary N) is 1. The minimum Gasteiger partial charge on any atom is -0.480 e. The standard InChI is InChI=1S/C23H20F2N6O3S/c1-12-8-14(6-7-27-12)21-20(13(2)29-23(26)30-21)15-9-18(22(34-3)28-11-15)31-35(32,33)19-5-4-16(24)10-17(19)25/h4-11,31H,1-3H3,(H2,26,29,30). The first-order valence-corrected chi connectivity index (χ1v) is 11.7. The second-order valence-corrected chi connectivity index (χ2v) is 9.19. The zero-order valence-corrected chi connectivity index (χ0v) is 19.7. The Morgan fingerprint density at radius 1 is 1.00 bits per heavy atom. The van der Waals surface area contributed by atoms with Crippen molar-refractivity contribution in [3.63, 3.8) is 0 Å². The summed E-state index contributed by atoms with van der Waals surface area (Å²) in [4.78, 5) is 16.3. The van der Waals surface area contributed by atoms with Crippen LogP contribution in [0.4, 0.5) is 20.4 Å². The van der Waals surface area contributed by atoms with E-state index in [9.17, 15) is 17.2 Å². The lowest BCUT2D eigenvalue weighted by Gasteiger charge is -2.16. The third-order valence-electron chi connectivity index (χ3n) is 5.04. The lowest BCUT2D eigenvalue weighted by molar-refractivity contribution is 0.400. The molecule has 0 aliphatic carbocycles. The van der Waals surface area contributed by atoms with E-state index in [2.05, 4.69) is 24.7 Å². The molecular formula is C23H20F2N6O3S. The fourth-order valence-electron chi connectivity index (χ4n) is 3.56. The van der Waals surface area contributed by atoms with Gasteiger partial charge in [-0.15, -0.1) is 0 Å². The summed E-state index contributed by atoms with van der Waals surface area (Å²) in [7, 11) is -3.14. The number of methoxy groups -OCH3 is 1. The summed E-state index contributed by atoms with van der Waals surface area (Å²) in [6.07, 6.45) is 3.10. The minimum absolute atomic E-state index is 0.0600. The van der Waals surface area contributed by atoms with Crippen molar-refractivity contribution in [3.05, 3.63) is 71.8 Å². The van der Waals surface area contributed by atoms with Crippen molar-refractivity contribution < 1.29 is 21.9 Å². The molecule has 0 saturated heterocycles. The Hall–Kier alpha value is -4.19. The predicted molar refractivity (Wildman–Crippen MR) is 126 cm³/mol. The van der Waals surface area contributed by atoms with Gasteiger partial charge in [-0.05, 0) is 44.2 Å². The molecule has 4 aromatic rings. The number of halogens is 2. The first-order valence-electron chi connectivity index (χ1n) is 10.2. The molecule has 3 heterocycles. The largest absolute Gasteiger partial charge is 0.480 e. The lowest BCUT2D eigenvalue weighted by Crippen LogP contribution is -2.16. The molecule has 0 bridgehead atoms. The number of anilines is 2. The van der Waals surface area contributed by atoms with Gasteiger partial charge in [0.15, 0.2) is 0 Å². The van der Waals surface area contributed by atoms with Crippen LogP contribution < -0.4 is 15.2 Å². The van der Waals surface area contributed by atoms with E-state index < -0.39 is 26.6 Å². The summed E-state index contributed by atoms with van der Waals surface area (Å²) in [5.74, 6) is -2.14. The number of ether oxygens (including phenoxy) is 1. The van der Waals surface area contributed by atoms with Gasteiger partial charge < -0.3 is 10.5 Å². The summed E-state index contributed by atoms with van der Waals surface area (Å²) < 4.78 is 60.7. The number of sulfonamides is 1. The van der Waals surface area contributed by atoms with E-state index >= 15 is 0 Å². The fourth-order valence-corrected chi connectivity index (χ4v) is 4.67. The van der Waals surface area contributed by atoms with Gasteiger partial charge in [0.25, 0.3) is 10.0 Å². The van der Waals surface area contributed by atoms with E-state index in [0.29, 0.717) is 28.6 Å². The van der Waals surface area contributed by atoms with Crippen LogP contribution in [0.2, 0.25) is 0 Å². The first kappa shape index (κ1) is 24.0. The van der Waals surface area contributed by atoms with E-state index in [-0.39, 0.29) is 17.5 Å². The molecule has 9 nitrogen and oxygen atoms in total. The van der Waals surface area contributed by atoms with Gasteiger partial charge >= 0.3 is 0 Å². The van der Waals surface area contributed by atoms with Gasteiger partial charge in [0.2, 0.25) is 11.8 Å². The van der Waals surface area contributed by atoms with Crippen LogP contribution in [0, 0.1) is 25.5 Å². The topological polar surface area (TPSA) is 133 Å².